The minimum atomic E-state index is -0.429. The van der Waals surface area contributed by atoms with Crippen molar-refractivity contribution in [1.82, 2.24) is 10.2 Å². The highest BCUT2D eigenvalue weighted by Crippen LogP contribution is 2.28. The smallest absolute Gasteiger partial charge is 0.119 e. The van der Waals surface area contributed by atoms with Crippen LogP contribution in [0.25, 0.3) is 0 Å². The van der Waals surface area contributed by atoms with E-state index in [-0.39, 0.29) is 0 Å². The second-order valence-corrected chi connectivity index (χ2v) is 5.69. The molecule has 0 bridgehead atoms. The third kappa shape index (κ3) is 2.76. The Morgan fingerprint density at radius 1 is 1.37 bits per heavy atom. The van der Waals surface area contributed by atoms with Crippen molar-refractivity contribution >= 4 is 0 Å². The molecule has 3 unspecified atom stereocenters. The van der Waals surface area contributed by atoms with Gasteiger partial charge in [0, 0.05) is 19.6 Å². The SMILES string of the molecule is COc1cccc(C(O)CN2CC3CNCC3C2)c1. The Balaban J connectivity index is 1.60. The van der Waals surface area contributed by atoms with Gasteiger partial charge in [-0.15, -0.1) is 0 Å². The van der Waals surface area contributed by atoms with Crippen LogP contribution in [0.4, 0.5) is 0 Å². The van der Waals surface area contributed by atoms with Gasteiger partial charge in [-0.05, 0) is 42.6 Å². The van der Waals surface area contributed by atoms with Crippen LogP contribution in [0.15, 0.2) is 24.3 Å². The fourth-order valence-electron chi connectivity index (χ4n) is 3.30. The van der Waals surface area contributed by atoms with E-state index in [4.69, 9.17) is 4.74 Å². The number of β-amino-alcohol motifs (C(OH)–C–C–N with tert-alkyl or cyclic N) is 1. The van der Waals surface area contributed by atoms with Crippen LogP contribution in [0.2, 0.25) is 0 Å². The Labute approximate surface area is 114 Å². The van der Waals surface area contributed by atoms with Gasteiger partial charge in [0.1, 0.15) is 5.75 Å². The molecule has 0 spiro atoms. The number of ether oxygens (including phenoxy) is 1. The van der Waals surface area contributed by atoms with Crippen LogP contribution in [0.3, 0.4) is 0 Å². The van der Waals surface area contributed by atoms with Gasteiger partial charge in [0.25, 0.3) is 0 Å². The van der Waals surface area contributed by atoms with Crippen molar-refractivity contribution in [3.63, 3.8) is 0 Å². The second-order valence-electron chi connectivity index (χ2n) is 5.69. The van der Waals surface area contributed by atoms with E-state index in [2.05, 4.69) is 10.2 Å². The van der Waals surface area contributed by atoms with Crippen LogP contribution in [0, 0.1) is 11.8 Å². The molecule has 0 amide bonds. The number of likely N-dealkylation sites (tertiary alicyclic amines) is 1. The molecule has 3 atom stereocenters. The van der Waals surface area contributed by atoms with Crippen LogP contribution in [0.1, 0.15) is 11.7 Å². The maximum atomic E-state index is 10.4. The highest BCUT2D eigenvalue weighted by molar-refractivity contribution is 5.29. The first-order valence-corrected chi connectivity index (χ1v) is 7.01. The molecule has 2 saturated heterocycles. The van der Waals surface area contributed by atoms with Crippen molar-refractivity contribution in [2.45, 2.75) is 6.10 Å². The van der Waals surface area contributed by atoms with Crippen molar-refractivity contribution in [2.75, 3.05) is 39.8 Å². The summed E-state index contributed by atoms with van der Waals surface area (Å²) in [4.78, 5) is 2.39. The van der Waals surface area contributed by atoms with Gasteiger partial charge in [-0.3, -0.25) is 4.90 Å². The molecule has 0 saturated carbocycles. The van der Waals surface area contributed by atoms with Gasteiger partial charge in [-0.25, -0.2) is 0 Å². The molecule has 2 fully saturated rings. The Hall–Kier alpha value is -1.10. The van der Waals surface area contributed by atoms with Crippen LogP contribution < -0.4 is 10.1 Å². The number of hydrogen-bond acceptors (Lipinski definition) is 4. The molecule has 4 heteroatoms. The first-order valence-electron chi connectivity index (χ1n) is 7.01. The van der Waals surface area contributed by atoms with Gasteiger partial charge in [0.2, 0.25) is 0 Å². The molecule has 2 heterocycles. The molecule has 3 rings (SSSR count). The number of nitrogens with zero attached hydrogens (tertiary/aromatic N) is 1. The lowest BCUT2D eigenvalue weighted by Crippen LogP contribution is -2.29. The lowest BCUT2D eigenvalue weighted by molar-refractivity contribution is 0.122. The van der Waals surface area contributed by atoms with Crippen molar-refractivity contribution in [3.8, 4) is 5.75 Å². The Bertz CT molecular complexity index is 426. The zero-order valence-electron chi connectivity index (χ0n) is 11.4. The molecule has 4 nitrogen and oxygen atoms in total. The number of fused-ring (bicyclic) bond motifs is 1. The van der Waals surface area contributed by atoms with Crippen molar-refractivity contribution in [2.24, 2.45) is 11.8 Å². The molecule has 2 N–H and O–H groups in total. The van der Waals surface area contributed by atoms with E-state index < -0.39 is 6.10 Å². The number of aliphatic hydroxyl groups excluding tert-OH is 1. The molecule has 2 aliphatic heterocycles. The summed E-state index contributed by atoms with van der Waals surface area (Å²) in [5.74, 6) is 2.36. The third-order valence-corrected chi connectivity index (χ3v) is 4.37. The van der Waals surface area contributed by atoms with Gasteiger partial charge in [-0.2, -0.15) is 0 Å². The summed E-state index contributed by atoms with van der Waals surface area (Å²) in [6.07, 6.45) is -0.429. The highest BCUT2D eigenvalue weighted by Gasteiger charge is 2.36. The summed E-state index contributed by atoms with van der Waals surface area (Å²) in [5, 5.41) is 13.8. The largest absolute Gasteiger partial charge is 0.497 e. The third-order valence-electron chi connectivity index (χ3n) is 4.37. The number of rotatable bonds is 4. The molecule has 1 aromatic rings. The average molecular weight is 262 g/mol. The summed E-state index contributed by atoms with van der Waals surface area (Å²) >= 11 is 0. The fourth-order valence-corrected chi connectivity index (χ4v) is 3.30. The van der Waals surface area contributed by atoms with E-state index >= 15 is 0 Å². The number of methoxy groups -OCH3 is 1. The average Bonchev–Trinajstić information content (AvgIpc) is 2.99. The minimum Gasteiger partial charge on any atom is -0.497 e. The Morgan fingerprint density at radius 3 is 2.79 bits per heavy atom. The van der Waals surface area contributed by atoms with Crippen LogP contribution in [-0.2, 0) is 0 Å². The maximum absolute atomic E-state index is 10.4. The number of hydrogen-bond donors (Lipinski definition) is 2. The molecule has 0 radical (unpaired) electrons. The second kappa shape index (κ2) is 5.49. The van der Waals surface area contributed by atoms with E-state index in [0.29, 0.717) is 0 Å². The number of nitrogens with one attached hydrogen (secondary N) is 1. The van der Waals surface area contributed by atoms with E-state index in [0.717, 1.165) is 55.9 Å². The predicted molar refractivity (Wildman–Crippen MR) is 74.2 cm³/mol. The van der Waals surface area contributed by atoms with Gasteiger partial charge in [-0.1, -0.05) is 12.1 Å². The molecular weight excluding hydrogens is 240 g/mol. The normalized spacial score (nSPS) is 28.3. The van der Waals surface area contributed by atoms with Crippen molar-refractivity contribution < 1.29 is 9.84 Å². The molecular formula is C15H22N2O2. The number of benzene rings is 1. The summed E-state index contributed by atoms with van der Waals surface area (Å²) in [5.41, 5.74) is 0.939. The highest BCUT2D eigenvalue weighted by atomic mass is 16.5. The molecule has 2 aliphatic rings. The van der Waals surface area contributed by atoms with Crippen LogP contribution >= 0.6 is 0 Å². The molecule has 19 heavy (non-hydrogen) atoms. The van der Waals surface area contributed by atoms with E-state index in [1.807, 2.05) is 24.3 Å². The van der Waals surface area contributed by atoms with Crippen molar-refractivity contribution in [1.29, 1.82) is 0 Å². The van der Waals surface area contributed by atoms with Gasteiger partial charge in [0.05, 0.1) is 13.2 Å². The lowest BCUT2D eigenvalue weighted by atomic mass is 10.0. The summed E-state index contributed by atoms with van der Waals surface area (Å²) in [7, 11) is 1.65. The summed E-state index contributed by atoms with van der Waals surface area (Å²) in [6, 6.07) is 7.72. The predicted octanol–water partition coefficient (Wildman–Crippen LogP) is 0.880. The lowest BCUT2D eigenvalue weighted by Gasteiger charge is -2.21. The minimum absolute atomic E-state index is 0.429. The monoisotopic (exact) mass is 262 g/mol. The quantitative estimate of drug-likeness (QED) is 0.845. The van der Waals surface area contributed by atoms with Crippen LogP contribution in [0.5, 0.6) is 5.75 Å². The molecule has 104 valence electrons. The fraction of sp³-hybridized carbons (Fsp3) is 0.600. The Kier molecular flexibility index (Phi) is 3.73. The standard InChI is InChI=1S/C15H22N2O2/c1-19-14-4-2-3-11(5-14)15(18)10-17-8-12-6-16-7-13(12)9-17/h2-5,12-13,15-16,18H,6-10H2,1H3. The number of aliphatic hydroxyl groups is 1. The van der Waals surface area contributed by atoms with Crippen LogP contribution in [-0.4, -0.2) is 49.8 Å². The van der Waals surface area contributed by atoms with Gasteiger partial charge in [0.15, 0.2) is 0 Å². The topological polar surface area (TPSA) is 44.7 Å². The van der Waals surface area contributed by atoms with E-state index in [1.54, 1.807) is 7.11 Å². The summed E-state index contributed by atoms with van der Waals surface area (Å²) < 4.78 is 5.20. The molecule has 0 aromatic heterocycles. The van der Waals surface area contributed by atoms with Gasteiger partial charge >= 0.3 is 0 Å². The zero-order chi connectivity index (χ0) is 13.2. The zero-order valence-corrected chi connectivity index (χ0v) is 11.4. The molecule has 1 aromatic carbocycles. The van der Waals surface area contributed by atoms with Crippen molar-refractivity contribution in [3.05, 3.63) is 29.8 Å². The first-order chi connectivity index (χ1) is 9.26. The maximum Gasteiger partial charge on any atom is 0.119 e. The first kappa shape index (κ1) is 12.9. The summed E-state index contributed by atoms with van der Waals surface area (Å²) in [6.45, 7) is 5.21. The van der Waals surface area contributed by atoms with Gasteiger partial charge < -0.3 is 15.2 Å². The molecule has 0 aliphatic carbocycles. The van der Waals surface area contributed by atoms with E-state index in [9.17, 15) is 5.11 Å². The Morgan fingerprint density at radius 2 is 2.11 bits per heavy atom. The van der Waals surface area contributed by atoms with E-state index in [1.165, 1.54) is 0 Å².